The van der Waals surface area contributed by atoms with Gasteiger partial charge in [0.15, 0.2) is 16.8 Å². The Bertz CT molecular complexity index is 1230. The molecule has 4 rings (SSSR count). The number of para-hydroxylation sites is 1. The standard InChI is InChI=1S/C20H13ClF3N5OS2/c21-14-9-12(20(22,23)24)10-25-17(14)26-16(30)11-32-19-28-27-18(15-7-4-8-31-15)29(19)13-5-2-1-3-6-13/h1-10H,11H2,(H,25,26,30). The maximum atomic E-state index is 12.7. The Kier molecular flexibility index (Phi) is 6.49. The molecule has 0 saturated heterocycles. The number of thiophene rings is 1. The van der Waals surface area contributed by atoms with Gasteiger partial charge in [-0.1, -0.05) is 47.6 Å². The van der Waals surface area contributed by atoms with Gasteiger partial charge in [0.25, 0.3) is 0 Å². The Morgan fingerprint density at radius 1 is 1.16 bits per heavy atom. The van der Waals surface area contributed by atoms with Crippen molar-refractivity contribution in [3.05, 3.63) is 70.7 Å². The molecule has 0 aliphatic heterocycles. The highest BCUT2D eigenvalue weighted by atomic mass is 35.5. The molecule has 12 heteroatoms. The van der Waals surface area contributed by atoms with E-state index in [1.807, 2.05) is 52.4 Å². The Hall–Kier alpha value is -2.89. The summed E-state index contributed by atoms with van der Waals surface area (Å²) in [7, 11) is 0. The number of thioether (sulfide) groups is 1. The fourth-order valence-electron chi connectivity index (χ4n) is 2.72. The second kappa shape index (κ2) is 9.31. The summed E-state index contributed by atoms with van der Waals surface area (Å²) in [6, 6.07) is 14.0. The lowest BCUT2D eigenvalue weighted by Gasteiger charge is -2.11. The van der Waals surface area contributed by atoms with Gasteiger partial charge >= 0.3 is 6.18 Å². The van der Waals surface area contributed by atoms with Crippen LogP contribution in [0.15, 0.2) is 65.3 Å². The first-order valence-electron chi connectivity index (χ1n) is 9.03. The zero-order valence-corrected chi connectivity index (χ0v) is 18.4. The van der Waals surface area contributed by atoms with E-state index >= 15 is 0 Å². The molecule has 0 spiro atoms. The number of aromatic nitrogens is 4. The highest BCUT2D eigenvalue weighted by Gasteiger charge is 2.31. The topological polar surface area (TPSA) is 72.7 Å². The van der Waals surface area contributed by atoms with Crippen LogP contribution in [0.2, 0.25) is 5.02 Å². The molecule has 3 aromatic heterocycles. The summed E-state index contributed by atoms with van der Waals surface area (Å²) in [5.41, 5.74) is -0.164. The first kappa shape index (κ1) is 22.3. The van der Waals surface area contributed by atoms with Crippen LogP contribution in [0.3, 0.4) is 0 Å². The van der Waals surface area contributed by atoms with Gasteiger partial charge in [-0.05, 0) is 29.6 Å². The van der Waals surface area contributed by atoms with Gasteiger partial charge in [-0.3, -0.25) is 9.36 Å². The van der Waals surface area contributed by atoms with Crippen molar-refractivity contribution in [3.8, 4) is 16.4 Å². The number of anilines is 1. The number of nitrogens with zero attached hydrogens (tertiary/aromatic N) is 4. The molecule has 1 amide bonds. The molecule has 1 N–H and O–H groups in total. The van der Waals surface area contributed by atoms with Crippen LogP contribution in [-0.4, -0.2) is 31.4 Å². The monoisotopic (exact) mass is 495 g/mol. The van der Waals surface area contributed by atoms with Crippen LogP contribution < -0.4 is 5.32 Å². The van der Waals surface area contributed by atoms with E-state index in [0.717, 1.165) is 28.4 Å². The third-order valence-electron chi connectivity index (χ3n) is 4.15. The Balaban J connectivity index is 1.51. The van der Waals surface area contributed by atoms with Gasteiger partial charge in [0.05, 0.1) is 21.2 Å². The van der Waals surface area contributed by atoms with Crippen molar-refractivity contribution in [2.75, 3.05) is 11.1 Å². The Morgan fingerprint density at radius 3 is 2.59 bits per heavy atom. The molecule has 4 aromatic rings. The number of carbonyl (C=O) groups is 1. The number of carbonyl (C=O) groups excluding carboxylic acids is 1. The molecule has 0 bridgehead atoms. The average Bonchev–Trinajstić information content (AvgIpc) is 3.43. The number of hydrogen-bond donors (Lipinski definition) is 1. The van der Waals surface area contributed by atoms with E-state index in [1.54, 1.807) is 0 Å². The molecule has 3 heterocycles. The Labute approximate surface area is 193 Å². The predicted molar refractivity (Wildman–Crippen MR) is 118 cm³/mol. The first-order valence-corrected chi connectivity index (χ1v) is 11.3. The van der Waals surface area contributed by atoms with Gasteiger partial charge in [0.2, 0.25) is 5.91 Å². The molecule has 164 valence electrons. The molecule has 0 saturated carbocycles. The van der Waals surface area contributed by atoms with Crippen molar-refractivity contribution in [2.45, 2.75) is 11.3 Å². The van der Waals surface area contributed by atoms with Crippen LogP contribution in [0.25, 0.3) is 16.4 Å². The van der Waals surface area contributed by atoms with E-state index in [1.165, 1.54) is 11.3 Å². The van der Waals surface area contributed by atoms with Crippen LogP contribution in [0, 0.1) is 0 Å². The van der Waals surface area contributed by atoms with Crippen molar-refractivity contribution >= 4 is 46.4 Å². The van der Waals surface area contributed by atoms with Crippen molar-refractivity contribution in [1.29, 1.82) is 0 Å². The van der Waals surface area contributed by atoms with Gasteiger partial charge in [0.1, 0.15) is 0 Å². The lowest BCUT2D eigenvalue weighted by atomic mass is 10.3. The molecule has 32 heavy (non-hydrogen) atoms. The summed E-state index contributed by atoms with van der Waals surface area (Å²) in [6.45, 7) is 0. The molecule has 6 nitrogen and oxygen atoms in total. The summed E-state index contributed by atoms with van der Waals surface area (Å²) in [5, 5.41) is 13.0. The second-order valence-corrected chi connectivity index (χ2v) is 8.64. The summed E-state index contributed by atoms with van der Waals surface area (Å²) in [6.07, 6.45) is -3.95. The number of benzene rings is 1. The van der Waals surface area contributed by atoms with Crippen LogP contribution in [0.1, 0.15) is 5.56 Å². The minimum absolute atomic E-state index is 0.0750. The maximum Gasteiger partial charge on any atom is 0.417 e. The summed E-state index contributed by atoms with van der Waals surface area (Å²) in [5.74, 6) is -0.0749. The molecule has 0 radical (unpaired) electrons. The third kappa shape index (κ3) is 4.95. The number of halogens is 4. The normalized spacial score (nSPS) is 11.5. The number of rotatable bonds is 6. The van der Waals surface area contributed by atoms with Gasteiger partial charge < -0.3 is 5.32 Å². The van der Waals surface area contributed by atoms with E-state index in [0.29, 0.717) is 17.2 Å². The van der Waals surface area contributed by atoms with Crippen molar-refractivity contribution in [1.82, 2.24) is 19.7 Å². The van der Waals surface area contributed by atoms with Crippen LogP contribution >= 0.6 is 34.7 Å². The highest BCUT2D eigenvalue weighted by Crippen LogP contribution is 2.33. The molecule has 1 aromatic carbocycles. The molecule has 0 aliphatic rings. The summed E-state index contributed by atoms with van der Waals surface area (Å²) in [4.78, 5) is 16.9. The fraction of sp³-hybridized carbons (Fsp3) is 0.100. The van der Waals surface area contributed by atoms with E-state index in [-0.39, 0.29) is 16.6 Å². The van der Waals surface area contributed by atoms with Gasteiger partial charge in [-0.2, -0.15) is 13.2 Å². The second-order valence-electron chi connectivity index (χ2n) is 6.34. The van der Waals surface area contributed by atoms with E-state index in [9.17, 15) is 18.0 Å². The molecular formula is C20H13ClF3N5OS2. The van der Waals surface area contributed by atoms with Gasteiger partial charge in [-0.15, -0.1) is 21.5 Å². The van der Waals surface area contributed by atoms with Gasteiger partial charge in [-0.25, -0.2) is 4.98 Å². The summed E-state index contributed by atoms with van der Waals surface area (Å²) >= 11 is 8.50. The van der Waals surface area contributed by atoms with E-state index in [2.05, 4.69) is 20.5 Å². The van der Waals surface area contributed by atoms with Crippen molar-refractivity contribution in [3.63, 3.8) is 0 Å². The van der Waals surface area contributed by atoms with Crippen molar-refractivity contribution in [2.24, 2.45) is 0 Å². The van der Waals surface area contributed by atoms with Gasteiger partial charge in [0, 0.05) is 11.9 Å². The lowest BCUT2D eigenvalue weighted by Crippen LogP contribution is -2.16. The number of nitrogens with one attached hydrogen (secondary N) is 1. The minimum atomic E-state index is -4.57. The molecular weight excluding hydrogens is 483 g/mol. The highest BCUT2D eigenvalue weighted by molar-refractivity contribution is 7.99. The van der Waals surface area contributed by atoms with Crippen LogP contribution in [0.5, 0.6) is 0 Å². The molecule has 0 aliphatic carbocycles. The Morgan fingerprint density at radius 2 is 1.94 bits per heavy atom. The number of hydrogen-bond acceptors (Lipinski definition) is 6. The average molecular weight is 496 g/mol. The first-order chi connectivity index (χ1) is 15.3. The number of alkyl halides is 3. The number of pyridine rings is 1. The van der Waals surface area contributed by atoms with E-state index in [4.69, 9.17) is 11.6 Å². The fourth-order valence-corrected chi connectivity index (χ4v) is 4.39. The van der Waals surface area contributed by atoms with E-state index < -0.39 is 17.6 Å². The minimum Gasteiger partial charge on any atom is -0.309 e. The lowest BCUT2D eigenvalue weighted by molar-refractivity contribution is -0.137. The zero-order valence-electron chi connectivity index (χ0n) is 16.0. The molecule has 0 fully saturated rings. The largest absolute Gasteiger partial charge is 0.417 e. The van der Waals surface area contributed by atoms with Crippen LogP contribution in [0.4, 0.5) is 19.0 Å². The molecule has 0 atom stereocenters. The molecule has 0 unspecified atom stereocenters. The zero-order chi connectivity index (χ0) is 22.7. The van der Waals surface area contributed by atoms with Crippen molar-refractivity contribution < 1.29 is 18.0 Å². The predicted octanol–water partition coefficient (Wildman–Crippen LogP) is 5.79. The third-order valence-corrected chi connectivity index (χ3v) is 6.23. The number of amides is 1. The van der Waals surface area contributed by atoms with Crippen LogP contribution in [-0.2, 0) is 11.0 Å². The smallest absolute Gasteiger partial charge is 0.309 e. The summed E-state index contributed by atoms with van der Waals surface area (Å²) < 4.78 is 40.1. The maximum absolute atomic E-state index is 12.7. The quantitative estimate of drug-likeness (QED) is 0.342. The SMILES string of the molecule is O=C(CSc1nnc(-c2cccs2)n1-c1ccccc1)Nc1ncc(C(F)(F)F)cc1Cl.